The fourth-order valence-electron chi connectivity index (χ4n) is 6.54. The van der Waals surface area contributed by atoms with Crippen LogP contribution in [-0.4, -0.2) is 49.7 Å². The molecule has 1 aliphatic carbocycles. The highest BCUT2D eigenvalue weighted by molar-refractivity contribution is 7.18. The highest BCUT2D eigenvalue weighted by Crippen LogP contribution is 2.40. The minimum Gasteiger partial charge on any atom is -0.491 e. The molecule has 1 aliphatic heterocycles. The average Bonchev–Trinajstić information content (AvgIpc) is 3.66. The van der Waals surface area contributed by atoms with Gasteiger partial charge in [0.1, 0.15) is 18.2 Å². The molecule has 0 fully saturated rings. The second-order valence-electron chi connectivity index (χ2n) is 11.5. The van der Waals surface area contributed by atoms with Crippen molar-refractivity contribution in [3.05, 3.63) is 95.2 Å². The van der Waals surface area contributed by atoms with Crippen LogP contribution in [0.15, 0.2) is 45.9 Å². The number of thiophene rings is 2. The van der Waals surface area contributed by atoms with Gasteiger partial charge in [0.25, 0.3) is 5.56 Å². The number of hydrogen-bond donors (Lipinski definition) is 1. The van der Waals surface area contributed by atoms with Crippen molar-refractivity contribution in [2.45, 2.75) is 58.7 Å². The maximum atomic E-state index is 13.8. The predicted molar refractivity (Wildman–Crippen MR) is 175 cm³/mol. The number of carbonyl (C=O) groups is 1. The normalized spacial score (nSPS) is 16.6. The van der Waals surface area contributed by atoms with Crippen LogP contribution in [0, 0.1) is 13.8 Å². The molecule has 0 radical (unpaired) electrons. The number of carboxylic acids is 1. The fourth-order valence-corrected chi connectivity index (χ4v) is 8.61. The van der Waals surface area contributed by atoms with Crippen molar-refractivity contribution in [3.8, 4) is 16.9 Å². The first-order valence-corrected chi connectivity index (χ1v) is 16.8. The lowest BCUT2D eigenvalue weighted by Crippen LogP contribution is -2.44. The van der Waals surface area contributed by atoms with Crippen molar-refractivity contribution < 1.29 is 14.6 Å². The van der Waals surface area contributed by atoms with Crippen LogP contribution in [0.25, 0.3) is 21.3 Å². The van der Waals surface area contributed by atoms with Crippen LogP contribution in [0.1, 0.15) is 50.0 Å². The molecule has 0 amide bonds. The van der Waals surface area contributed by atoms with Gasteiger partial charge in [-0.25, -0.2) is 9.78 Å². The number of carboxylic acid groups (broad SMARTS) is 1. The number of aromatic carboxylic acids is 1. The molecule has 226 valence electrons. The summed E-state index contributed by atoms with van der Waals surface area (Å²) in [6.07, 6.45) is 3.64. The Morgan fingerprint density at radius 1 is 1.14 bits per heavy atom. The van der Waals surface area contributed by atoms with E-state index in [1.165, 1.54) is 21.8 Å². The van der Waals surface area contributed by atoms with E-state index < -0.39 is 5.97 Å². The van der Waals surface area contributed by atoms with Gasteiger partial charge in [0.2, 0.25) is 0 Å². The maximum Gasteiger partial charge on any atom is 0.338 e. The Bertz CT molecular complexity index is 1980. The third-order valence-electron chi connectivity index (χ3n) is 8.73. The van der Waals surface area contributed by atoms with Crippen molar-refractivity contribution in [1.82, 2.24) is 19.4 Å². The Morgan fingerprint density at radius 2 is 2.00 bits per heavy atom. The summed E-state index contributed by atoms with van der Waals surface area (Å²) in [7, 11) is 0. The number of benzene rings is 1. The van der Waals surface area contributed by atoms with Gasteiger partial charge in [-0.1, -0.05) is 11.6 Å². The minimum absolute atomic E-state index is 0.0246. The average molecular weight is 647 g/mol. The molecule has 8 nitrogen and oxygen atoms in total. The first kappa shape index (κ1) is 29.2. The number of aromatic nitrogens is 3. The molecule has 5 aromatic rings. The predicted octanol–water partition coefficient (Wildman–Crippen LogP) is 6.54. The molecular weight excluding hydrogens is 616 g/mol. The highest BCUT2D eigenvalue weighted by atomic mass is 35.5. The van der Waals surface area contributed by atoms with Crippen LogP contribution in [0.2, 0.25) is 5.02 Å². The summed E-state index contributed by atoms with van der Waals surface area (Å²) in [5, 5.41) is 14.0. The van der Waals surface area contributed by atoms with Crippen LogP contribution < -0.4 is 10.3 Å². The lowest BCUT2D eigenvalue weighted by Gasteiger charge is -2.37. The minimum atomic E-state index is -1.01. The summed E-state index contributed by atoms with van der Waals surface area (Å²) in [5.74, 6) is 0.279. The number of fused-ring (bicyclic) bond motifs is 3. The van der Waals surface area contributed by atoms with Gasteiger partial charge in [-0.15, -0.1) is 22.7 Å². The van der Waals surface area contributed by atoms with Crippen LogP contribution in [0.5, 0.6) is 5.75 Å². The van der Waals surface area contributed by atoms with Gasteiger partial charge < -0.3 is 9.84 Å². The van der Waals surface area contributed by atoms with E-state index in [-0.39, 0.29) is 17.7 Å². The molecule has 0 spiro atoms. The third kappa shape index (κ3) is 5.34. The van der Waals surface area contributed by atoms with E-state index >= 15 is 0 Å². The van der Waals surface area contributed by atoms with Crippen molar-refractivity contribution in [2.24, 2.45) is 0 Å². The number of rotatable bonds is 7. The lowest BCUT2D eigenvalue weighted by molar-refractivity contribution is 0.0699. The van der Waals surface area contributed by atoms with Crippen LogP contribution >= 0.6 is 34.3 Å². The SMILES string of the molecule is Cc1cc(-c2cc(Cl)ccc2OCCn2c(C)nc3c(c2=O)CC(N2CCc4sccc4C2)CC3)c2scc(C(=O)O)c2n1. The molecule has 1 aromatic carbocycles. The van der Waals surface area contributed by atoms with Gasteiger partial charge in [0.15, 0.2) is 0 Å². The Hall–Kier alpha value is -3.57. The summed E-state index contributed by atoms with van der Waals surface area (Å²) in [5.41, 5.74) is 6.09. The van der Waals surface area contributed by atoms with Crippen molar-refractivity contribution in [3.63, 3.8) is 0 Å². The van der Waals surface area contributed by atoms with Gasteiger partial charge >= 0.3 is 5.97 Å². The van der Waals surface area contributed by atoms with Crippen LogP contribution in [0.4, 0.5) is 0 Å². The largest absolute Gasteiger partial charge is 0.491 e. The van der Waals surface area contributed by atoms with E-state index in [9.17, 15) is 14.7 Å². The third-order valence-corrected chi connectivity index (χ3v) is 11.0. The van der Waals surface area contributed by atoms with E-state index in [1.807, 2.05) is 43.4 Å². The molecule has 1 unspecified atom stereocenters. The number of hydrogen-bond acceptors (Lipinski definition) is 8. The standard InChI is InChI=1S/C33H31ClN4O4S2/c1-18-13-24(31-30(35-18)26(17-44-31)33(40)41)23-14-21(34)3-6-28(23)42-11-10-38-19(2)36-27-5-4-22(15-25(27)32(38)39)37-9-7-29-20(16-37)8-12-43-29/h3,6,8,12-14,17,22H,4-5,7,9-11,15-16H2,1-2H3,(H,40,41). The Labute approximate surface area is 267 Å². The molecule has 11 heteroatoms. The quantitative estimate of drug-likeness (QED) is 0.214. The summed E-state index contributed by atoms with van der Waals surface area (Å²) in [6.45, 7) is 6.32. The molecular formula is C33H31ClN4O4S2. The van der Waals surface area contributed by atoms with Gasteiger partial charge in [-0.05, 0) is 80.8 Å². The molecule has 4 aromatic heterocycles. The molecule has 44 heavy (non-hydrogen) atoms. The molecule has 5 heterocycles. The van der Waals surface area contributed by atoms with Crippen molar-refractivity contribution >= 4 is 50.5 Å². The molecule has 7 rings (SSSR count). The smallest absolute Gasteiger partial charge is 0.338 e. The Morgan fingerprint density at radius 3 is 2.84 bits per heavy atom. The Kier molecular flexibility index (Phi) is 7.78. The summed E-state index contributed by atoms with van der Waals surface area (Å²) >= 11 is 9.60. The molecule has 0 bridgehead atoms. The first-order chi connectivity index (χ1) is 21.3. The number of aryl methyl sites for hydroxylation is 3. The number of pyridine rings is 1. The van der Waals surface area contributed by atoms with Crippen LogP contribution in [-0.2, 0) is 32.4 Å². The van der Waals surface area contributed by atoms with Crippen molar-refractivity contribution in [2.75, 3.05) is 13.2 Å². The van der Waals surface area contributed by atoms with E-state index in [1.54, 1.807) is 16.0 Å². The number of nitrogens with zero attached hydrogens (tertiary/aromatic N) is 4. The first-order valence-electron chi connectivity index (χ1n) is 14.7. The van der Waals surface area contributed by atoms with E-state index in [0.717, 1.165) is 65.9 Å². The van der Waals surface area contributed by atoms with E-state index in [4.69, 9.17) is 21.3 Å². The molecule has 0 saturated carbocycles. The molecule has 2 aliphatic rings. The van der Waals surface area contributed by atoms with Crippen molar-refractivity contribution in [1.29, 1.82) is 0 Å². The summed E-state index contributed by atoms with van der Waals surface area (Å²) in [6, 6.07) is 9.90. The van der Waals surface area contributed by atoms with Gasteiger partial charge in [0, 0.05) is 56.8 Å². The summed E-state index contributed by atoms with van der Waals surface area (Å²) < 4.78 is 8.79. The van der Waals surface area contributed by atoms with E-state index in [0.29, 0.717) is 40.4 Å². The van der Waals surface area contributed by atoms with E-state index in [2.05, 4.69) is 21.3 Å². The zero-order valence-electron chi connectivity index (χ0n) is 24.4. The molecule has 1 N–H and O–H groups in total. The topological polar surface area (TPSA) is 97.6 Å². The molecule has 1 atom stereocenters. The number of ether oxygens (including phenoxy) is 1. The molecule has 0 saturated heterocycles. The maximum absolute atomic E-state index is 13.8. The van der Waals surface area contributed by atoms with Gasteiger partial charge in [-0.3, -0.25) is 19.2 Å². The van der Waals surface area contributed by atoms with Gasteiger partial charge in [0.05, 0.1) is 28.0 Å². The van der Waals surface area contributed by atoms with Gasteiger partial charge in [-0.2, -0.15) is 0 Å². The second kappa shape index (κ2) is 11.7. The monoisotopic (exact) mass is 646 g/mol. The highest BCUT2D eigenvalue weighted by Gasteiger charge is 2.30. The second-order valence-corrected chi connectivity index (χ2v) is 13.8. The zero-order valence-corrected chi connectivity index (χ0v) is 26.8. The Balaban J connectivity index is 1.12. The zero-order chi connectivity index (χ0) is 30.5. The fraction of sp³-hybridized carbons (Fsp3) is 0.333. The number of halogens is 1. The van der Waals surface area contributed by atoms with Crippen LogP contribution in [0.3, 0.4) is 0 Å². The summed E-state index contributed by atoms with van der Waals surface area (Å²) in [4.78, 5) is 39.0. The lowest BCUT2D eigenvalue weighted by atomic mass is 9.90.